The zero-order valence-corrected chi connectivity index (χ0v) is 7.96. The summed E-state index contributed by atoms with van der Waals surface area (Å²) in [5.74, 6) is 0. The van der Waals surface area contributed by atoms with Gasteiger partial charge in [0.2, 0.25) is 0 Å². The molecule has 0 fully saturated rings. The van der Waals surface area contributed by atoms with Gasteiger partial charge in [0.15, 0.2) is 0 Å². The zero-order valence-electron chi connectivity index (χ0n) is 7.96. The molecule has 3 nitrogen and oxygen atoms in total. The van der Waals surface area contributed by atoms with Crippen molar-refractivity contribution in [3.8, 4) is 0 Å². The molecule has 1 rings (SSSR count). The van der Waals surface area contributed by atoms with Gasteiger partial charge in [-0.25, -0.2) is 0 Å². The number of hydrogen-bond acceptors (Lipinski definition) is 2. The van der Waals surface area contributed by atoms with Crippen LogP contribution in [0.1, 0.15) is 12.0 Å². The van der Waals surface area contributed by atoms with E-state index in [1.54, 1.807) is 0 Å². The van der Waals surface area contributed by atoms with Crippen LogP contribution < -0.4 is 5.32 Å². The molecule has 0 aliphatic rings. The highest BCUT2D eigenvalue weighted by molar-refractivity contribution is 4.99. The molecule has 1 aromatic rings. The molecule has 0 bridgehead atoms. The molecule has 0 aromatic carbocycles. The lowest BCUT2D eigenvalue weighted by atomic mass is 10.4. The van der Waals surface area contributed by atoms with Crippen LogP contribution in [0.5, 0.6) is 0 Å². The topological polar surface area (TPSA) is 29.9 Å². The van der Waals surface area contributed by atoms with Crippen molar-refractivity contribution in [3.63, 3.8) is 0 Å². The first-order valence-electron chi connectivity index (χ1n) is 4.58. The highest BCUT2D eigenvalue weighted by atomic mass is 19.1. The highest BCUT2D eigenvalue weighted by Crippen LogP contribution is 1.92. The first kappa shape index (κ1) is 10.2. The Morgan fingerprint density at radius 3 is 3.00 bits per heavy atom. The van der Waals surface area contributed by atoms with Gasteiger partial charge in [-0.2, -0.15) is 5.10 Å². The number of hydrogen-bond donors (Lipinski definition) is 1. The van der Waals surface area contributed by atoms with Crippen molar-refractivity contribution in [1.29, 1.82) is 0 Å². The highest BCUT2D eigenvalue weighted by Gasteiger charge is 1.92. The normalized spacial score (nSPS) is 10.6. The quantitative estimate of drug-likeness (QED) is 0.673. The standard InChI is InChI=1S/C9H16FN3/c1-9-7-12-13(8-9)6-5-11-4-2-3-10/h7-8,11H,2-6H2,1H3. The van der Waals surface area contributed by atoms with Crippen LogP contribution in [-0.4, -0.2) is 29.5 Å². The summed E-state index contributed by atoms with van der Waals surface area (Å²) < 4.78 is 13.6. The second-order valence-corrected chi connectivity index (χ2v) is 3.07. The maximum absolute atomic E-state index is 11.7. The lowest BCUT2D eigenvalue weighted by molar-refractivity contribution is 0.452. The molecule has 1 heterocycles. The van der Waals surface area contributed by atoms with Gasteiger partial charge in [-0.1, -0.05) is 0 Å². The monoisotopic (exact) mass is 185 g/mol. The number of nitrogens with one attached hydrogen (secondary N) is 1. The van der Waals surface area contributed by atoms with Crippen LogP contribution in [0.3, 0.4) is 0 Å². The van der Waals surface area contributed by atoms with E-state index in [2.05, 4.69) is 10.4 Å². The summed E-state index contributed by atoms with van der Waals surface area (Å²) in [7, 11) is 0. The van der Waals surface area contributed by atoms with Gasteiger partial charge in [-0.05, 0) is 25.5 Å². The second-order valence-electron chi connectivity index (χ2n) is 3.07. The number of rotatable bonds is 6. The fourth-order valence-electron chi connectivity index (χ4n) is 1.10. The van der Waals surface area contributed by atoms with Crippen LogP contribution in [0, 0.1) is 6.92 Å². The summed E-state index contributed by atoms with van der Waals surface area (Å²) in [6.45, 7) is 4.21. The van der Waals surface area contributed by atoms with Crippen molar-refractivity contribution in [2.75, 3.05) is 19.8 Å². The van der Waals surface area contributed by atoms with Crippen LogP contribution in [0.15, 0.2) is 12.4 Å². The average Bonchev–Trinajstić information content (AvgIpc) is 2.51. The fourth-order valence-corrected chi connectivity index (χ4v) is 1.10. The molecule has 0 amide bonds. The average molecular weight is 185 g/mol. The van der Waals surface area contributed by atoms with E-state index in [-0.39, 0.29) is 6.67 Å². The molecule has 0 saturated heterocycles. The van der Waals surface area contributed by atoms with Gasteiger partial charge in [0.25, 0.3) is 0 Å². The first-order chi connectivity index (χ1) is 6.33. The summed E-state index contributed by atoms with van der Waals surface area (Å²) in [5, 5.41) is 7.28. The SMILES string of the molecule is Cc1cnn(CCNCCCF)c1. The van der Waals surface area contributed by atoms with E-state index in [9.17, 15) is 4.39 Å². The van der Waals surface area contributed by atoms with E-state index in [0.29, 0.717) is 6.42 Å². The van der Waals surface area contributed by atoms with Crippen LogP contribution >= 0.6 is 0 Å². The van der Waals surface area contributed by atoms with Crippen molar-refractivity contribution >= 4 is 0 Å². The number of nitrogens with zero attached hydrogens (tertiary/aromatic N) is 2. The minimum atomic E-state index is -0.242. The maximum Gasteiger partial charge on any atom is 0.0906 e. The van der Waals surface area contributed by atoms with Gasteiger partial charge in [-0.15, -0.1) is 0 Å². The number of aryl methyl sites for hydroxylation is 1. The van der Waals surface area contributed by atoms with Crippen molar-refractivity contribution in [1.82, 2.24) is 15.1 Å². The third-order valence-corrected chi connectivity index (χ3v) is 1.77. The lowest BCUT2D eigenvalue weighted by Gasteiger charge is -2.02. The van der Waals surface area contributed by atoms with Gasteiger partial charge in [0.1, 0.15) is 0 Å². The summed E-state index contributed by atoms with van der Waals surface area (Å²) in [6, 6.07) is 0. The predicted molar refractivity (Wildman–Crippen MR) is 50.4 cm³/mol. The summed E-state index contributed by atoms with van der Waals surface area (Å²) in [4.78, 5) is 0. The Hall–Kier alpha value is -0.900. The molecular formula is C9H16FN3. The van der Waals surface area contributed by atoms with E-state index in [1.807, 2.05) is 24.0 Å². The molecule has 4 heteroatoms. The molecule has 13 heavy (non-hydrogen) atoms. The predicted octanol–water partition coefficient (Wildman–Crippen LogP) is 1.14. The lowest BCUT2D eigenvalue weighted by Crippen LogP contribution is -2.21. The summed E-state index contributed by atoms with van der Waals surface area (Å²) in [6.07, 6.45) is 4.43. The Kier molecular flexibility index (Phi) is 4.46. The third kappa shape index (κ3) is 4.03. The van der Waals surface area contributed by atoms with E-state index >= 15 is 0 Å². The van der Waals surface area contributed by atoms with Crippen molar-refractivity contribution in [3.05, 3.63) is 18.0 Å². The largest absolute Gasteiger partial charge is 0.315 e. The van der Waals surface area contributed by atoms with Gasteiger partial charge >= 0.3 is 0 Å². The van der Waals surface area contributed by atoms with E-state index in [1.165, 1.54) is 5.56 Å². The second kappa shape index (κ2) is 5.70. The first-order valence-corrected chi connectivity index (χ1v) is 4.58. The van der Waals surface area contributed by atoms with Gasteiger partial charge in [-0.3, -0.25) is 9.07 Å². The Balaban J connectivity index is 2.06. The Morgan fingerprint density at radius 2 is 2.38 bits per heavy atom. The molecule has 0 saturated carbocycles. The molecule has 0 spiro atoms. The smallest absolute Gasteiger partial charge is 0.0906 e. The molecule has 0 atom stereocenters. The van der Waals surface area contributed by atoms with Crippen molar-refractivity contribution in [2.45, 2.75) is 19.9 Å². The van der Waals surface area contributed by atoms with Gasteiger partial charge in [0, 0.05) is 12.7 Å². The zero-order chi connectivity index (χ0) is 9.52. The van der Waals surface area contributed by atoms with Gasteiger partial charge in [0.05, 0.1) is 19.4 Å². The Bertz CT molecular complexity index is 235. The van der Waals surface area contributed by atoms with E-state index in [0.717, 1.165) is 19.6 Å². The van der Waals surface area contributed by atoms with E-state index in [4.69, 9.17) is 0 Å². The molecule has 0 radical (unpaired) electrons. The number of aromatic nitrogens is 2. The Morgan fingerprint density at radius 1 is 1.54 bits per heavy atom. The Labute approximate surface area is 77.9 Å². The van der Waals surface area contributed by atoms with Crippen molar-refractivity contribution in [2.24, 2.45) is 0 Å². The van der Waals surface area contributed by atoms with Crippen LogP contribution in [0.4, 0.5) is 4.39 Å². The van der Waals surface area contributed by atoms with Crippen molar-refractivity contribution < 1.29 is 4.39 Å². The molecule has 1 N–H and O–H groups in total. The molecule has 74 valence electrons. The maximum atomic E-state index is 11.7. The number of halogens is 1. The molecule has 1 aromatic heterocycles. The molecule has 0 aliphatic heterocycles. The fraction of sp³-hybridized carbons (Fsp3) is 0.667. The molecular weight excluding hydrogens is 169 g/mol. The third-order valence-electron chi connectivity index (χ3n) is 1.77. The van der Waals surface area contributed by atoms with Crippen LogP contribution in [0.25, 0.3) is 0 Å². The minimum Gasteiger partial charge on any atom is -0.315 e. The molecule has 0 unspecified atom stereocenters. The van der Waals surface area contributed by atoms with Crippen LogP contribution in [-0.2, 0) is 6.54 Å². The van der Waals surface area contributed by atoms with Gasteiger partial charge < -0.3 is 5.32 Å². The van der Waals surface area contributed by atoms with Crippen LogP contribution in [0.2, 0.25) is 0 Å². The number of alkyl halides is 1. The summed E-state index contributed by atoms with van der Waals surface area (Å²) >= 11 is 0. The summed E-state index contributed by atoms with van der Waals surface area (Å²) in [5.41, 5.74) is 1.17. The minimum absolute atomic E-state index is 0.242. The van der Waals surface area contributed by atoms with E-state index < -0.39 is 0 Å². The molecule has 0 aliphatic carbocycles.